The third-order valence-electron chi connectivity index (χ3n) is 5.12. The summed E-state index contributed by atoms with van der Waals surface area (Å²) in [5.41, 5.74) is 0.598. The minimum absolute atomic E-state index is 0.598. The third kappa shape index (κ3) is 3.98. The van der Waals surface area contributed by atoms with E-state index in [0.29, 0.717) is 5.56 Å². The Morgan fingerprint density at radius 1 is 0.926 bits per heavy atom. The number of hydrogen-bond acceptors (Lipinski definition) is 7. The van der Waals surface area contributed by atoms with Crippen molar-refractivity contribution in [2.45, 2.75) is 19.3 Å². The van der Waals surface area contributed by atoms with Crippen LogP contribution in [0.2, 0.25) is 0 Å². The van der Waals surface area contributed by atoms with Crippen LogP contribution in [0.1, 0.15) is 24.8 Å². The number of pyridine rings is 1. The maximum Gasteiger partial charge on any atom is 0.227 e. The lowest BCUT2D eigenvalue weighted by Gasteiger charge is -2.36. The van der Waals surface area contributed by atoms with Gasteiger partial charge in [-0.15, -0.1) is 0 Å². The molecule has 0 bridgehead atoms. The molecule has 0 radical (unpaired) electrons. The number of nitrogens with zero attached hydrogens (tertiary/aromatic N) is 7. The summed E-state index contributed by atoms with van der Waals surface area (Å²) in [6.45, 7) is 5.37. The highest BCUT2D eigenvalue weighted by atomic mass is 79.9. The summed E-state index contributed by atoms with van der Waals surface area (Å²) in [6, 6.07) is 6.07. The van der Waals surface area contributed by atoms with Crippen molar-refractivity contribution in [3.8, 4) is 6.07 Å². The second-order valence-corrected chi connectivity index (χ2v) is 7.79. The molecular weight excluding hydrogens is 406 g/mol. The van der Waals surface area contributed by atoms with E-state index in [1.807, 2.05) is 18.3 Å². The van der Waals surface area contributed by atoms with E-state index in [9.17, 15) is 5.26 Å². The van der Waals surface area contributed by atoms with Crippen LogP contribution in [0.25, 0.3) is 0 Å². The van der Waals surface area contributed by atoms with Gasteiger partial charge >= 0.3 is 0 Å². The van der Waals surface area contributed by atoms with Crippen LogP contribution in [0.15, 0.2) is 29.0 Å². The number of rotatable bonds is 3. The maximum atomic E-state index is 9.39. The van der Waals surface area contributed by atoms with E-state index in [1.165, 1.54) is 19.3 Å². The van der Waals surface area contributed by atoms with Gasteiger partial charge in [-0.25, -0.2) is 9.97 Å². The highest BCUT2D eigenvalue weighted by molar-refractivity contribution is 9.10. The molecule has 0 atom stereocenters. The van der Waals surface area contributed by atoms with Crippen molar-refractivity contribution in [1.82, 2.24) is 15.0 Å². The highest BCUT2D eigenvalue weighted by Crippen LogP contribution is 2.24. The average molecular weight is 428 g/mol. The zero-order valence-corrected chi connectivity index (χ0v) is 16.8. The van der Waals surface area contributed by atoms with E-state index in [4.69, 9.17) is 4.98 Å². The van der Waals surface area contributed by atoms with Gasteiger partial charge in [-0.2, -0.15) is 10.2 Å². The molecular formula is C19H22BrN7. The Balaban J connectivity index is 1.44. The zero-order chi connectivity index (χ0) is 18.6. The maximum absolute atomic E-state index is 9.39. The largest absolute Gasteiger partial charge is 0.356 e. The van der Waals surface area contributed by atoms with Crippen LogP contribution in [0, 0.1) is 11.3 Å². The summed E-state index contributed by atoms with van der Waals surface area (Å²) in [4.78, 5) is 20.5. The average Bonchev–Trinajstić information content (AvgIpc) is 2.74. The van der Waals surface area contributed by atoms with Gasteiger partial charge in [-0.1, -0.05) is 0 Å². The molecule has 27 heavy (non-hydrogen) atoms. The molecule has 2 fully saturated rings. The first-order valence-corrected chi connectivity index (χ1v) is 10.2. The van der Waals surface area contributed by atoms with Crippen molar-refractivity contribution in [3.63, 3.8) is 0 Å². The summed E-state index contributed by atoms with van der Waals surface area (Å²) in [5.74, 6) is 2.58. The second kappa shape index (κ2) is 8.09. The Morgan fingerprint density at radius 3 is 2.41 bits per heavy atom. The van der Waals surface area contributed by atoms with Crippen molar-refractivity contribution < 1.29 is 0 Å². The molecule has 140 valence electrons. The van der Waals surface area contributed by atoms with E-state index in [1.54, 1.807) is 6.20 Å². The fourth-order valence-corrected chi connectivity index (χ4v) is 4.01. The van der Waals surface area contributed by atoms with Crippen LogP contribution >= 0.6 is 15.9 Å². The fourth-order valence-electron chi connectivity index (χ4n) is 3.68. The lowest BCUT2D eigenvalue weighted by molar-refractivity contribution is 0.571. The number of piperazine rings is 1. The normalized spacial score (nSPS) is 17.7. The third-order valence-corrected chi connectivity index (χ3v) is 5.56. The zero-order valence-electron chi connectivity index (χ0n) is 15.2. The predicted molar refractivity (Wildman–Crippen MR) is 109 cm³/mol. The van der Waals surface area contributed by atoms with Crippen LogP contribution in [-0.4, -0.2) is 54.2 Å². The van der Waals surface area contributed by atoms with Crippen LogP contribution in [0.3, 0.4) is 0 Å². The highest BCUT2D eigenvalue weighted by Gasteiger charge is 2.23. The number of aromatic nitrogens is 3. The topological polar surface area (TPSA) is 72.2 Å². The Labute approximate surface area is 167 Å². The SMILES string of the molecule is N#Cc1cc(Br)cnc1N1CCN(c2nccc(N3CCCCC3)n2)CC1. The lowest BCUT2D eigenvalue weighted by Crippen LogP contribution is -2.47. The summed E-state index contributed by atoms with van der Waals surface area (Å²) >= 11 is 3.38. The summed E-state index contributed by atoms with van der Waals surface area (Å²) in [6.07, 6.45) is 7.39. The molecule has 8 heteroatoms. The number of halogens is 1. The van der Waals surface area contributed by atoms with Gasteiger partial charge in [0.1, 0.15) is 17.7 Å². The molecule has 0 saturated carbocycles. The van der Waals surface area contributed by atoms with E-state index in [-0.39, 0.29) is 0 Å². The number of piperidine rings is 1. The monoisotopic (exact) mass is 427 g/mol. The Bertz CT molecular complexity index is 836. The second-order valence-electron chi connectivity index (χ2n) is 6.87. The Kier molecular flexibility index (Phi) is 5.39. The number of nitriles is 1. The van der Waals surface area contributed by atoms with Crippen molar-refractivity contribution in [3.05, 3.63) is 34.6 Å². The van der Waals surface area contributed by atoms with Crippen molar-refractivity contribution in [2.24, 2.45) is 0 Å². The van der Waals surface area contributed by atoms with Gasteiger partial charge in [0.15, 0.2) is 0 Å². The fraction of sp³-hybridized carbons (Fsp3) is 0.474. The molecule has 0 aromatic carbocycles. The molecule has 7 nitrogen and oxygen atoms in total. The van der Waals surface area contributed by atoms with Crippen molar-refractivity contribution in [2.75, 3.05) is 54.0 Å². The lowest BCUT2D eigenvalue weighted by atomic mass is 10.1. The summed E-state index contributed by atoms with van der Waals surface area (Å²) < 4.78 is 0.823. The van der Waals surface area contributed by atoms with Crippen LogP contribution < -0.4 is 14.7 Å². The minimum Gasteiger partial charge on any atom is -0.356 e. The number of hydrogen-bond donors (Lipinski definition) is 0. The van der Waals surface area contributed by atoms with Crippen molar-refractivity contribution in [1.29, 1.82) is 5.26 Å². The quantitative estimate of drug-likeness (QED) is 0.745. The van der Waals surface area contributed by atoms with Crippen molar-refractivity contribution >= 4 is 33.5 Å². The van der Waals surface area contributed by atoms with Gasteiger partial charge in [-0.3, -0.25) is 0 Å². The molecule has 4 rings (SSSR count). The molecule has 2 aliphatic rings. The molecule has 2 aliphatic heterocycles. The minimum atomic E-state index is 0.598. The van der Waals surface area contributed by atoms with Crippen LogP contribution in [0.4, 0.5) is 17.6 Å². The molecule has 2 saturated heterocycles. The summed E-state index contributed by atoms with van der Waals surface area (Å²) in [7, 11) is 0. The van der Waals surface area contributed by atoms with Crippen LogP contribution in [0.5, 0.6) is 0 Å². The molecule has 0 unspecified atom stereocenters. The van der Waals surface area contributed by atoms with Gasteiger partial charge in [-0.05, 0) is 47.3 Å². The first-order valence-electron chi connectivity index (χ1n) is 9.38. The molecule has 0 spiro atoms. The van der Waals surface area contributed by atoms with E-state index in [2.05, 4.69) is 46.7 Å². The standard InChI is InChI=1S/C19H22BrN7/c20-16-12-15(13-21)18(23-14-16)26-8-10-27(11-9-26)19-22-5-4-17(24-19)25-6-2-1-3-7-25/h4-5,12,14H,1-3,6-11H2. The molecule has 4 heterocycles. The first kappa shape index (κ1) is 18.0. The van der Waals surface area contributed by atoms with Gasteiger partial charge < -0.3 is 14.7 Å². The number of anilines is 3. The van der Waals surface area contributed by atoms with E-state index >= 15 is 0 Å². The van der Waals surface area contributed by atoms with Crippen LogP contribution in [-0.2, 0) is 0 Å². The van der Waals surface area contributed by atoms with Gasteiger partial charge in [0, 0.05) is 56.1 Å². The Morgan fingerprint density at radius 2 is 1.67 bits per heavy atom. The van der Waals surface area contributed by atoms with E-state index in [0.717, 1.165) is 61.3 Å². The van der Waals surface area contributed by atoms with Gasteiger partial charge in [0.2, 0.25) is 5.95 Å². The smallest absolute Gasteiger partial charge is 0.227 e. The predicted octanol–water partition coefficient (Wildman–Crippen LogP) is 2.82. The molecule has 0 N–H and O–H groups in total. The van der Waals surface area contributed by atoms with E-state index < -0.39 is 0 Å². The first-order chi connectivity index (χ1) is 13.2. The molecule has 0 aliphatic carbocycles. The molecule has 2 aromatic heterocycles. The molecule has 2 aromatic rings. The molecule has 0 amide bonds. The van der Waals surface area contributed by atoms with Gasteiger partial charge in [0.25, 0.3) is 0 Å². The summed E-state index contributed by atoms with van der Waals surface area (Å²) in [5, 5.41) is 9.39. The Hall–Kier alpha value is -2.40. The van der Waals surface area contributed by atoms with Gasteiger partial charge in [0.05, 0.1) is 5.56 Å².